The summed E-state index contributed by atoms with van der Waals surface area (Å²) in [5.74, 6) is -0.708. The number of aliphatic hydroxyl groups excluding tert-OH is 2. The number of rotatable bonds is 6. The van der Waals surface area contributed by atoms with Gasteiger partial charge >= 0.3 is 5.97 Å². The van der Waals surface area contributed by atoms with Crippen molar-refractivity contribution in [1.29, 1.82) is 0 Å². The van der Waals surface area contributed by atoms with Crippen LogP contribution < -0.4 is 0 Å². The molecule has 0 radical (unpaired) electrons. The summed E-state index contributed by atoms with van der Waals surface area (Å²) in [7, 11) is 0. The first kappa shape index (κ1) is 16.4. The van der Waals surface area contributed by atoms with Crippen LogP contribution >= 0.6 is 0 Å². The zero-order valence-corrected chi connectivity index (χ0v) is 11.7. The Balaban J connectivity index is 4.64. The summed E-state index contributed by atoms with van der Waals surface area (Å²) in [5, 5.41) is 20.0. The number of aliphatic hydroxyl groups is 2. The van der Waals surface area contributed by atoms with Gasteiger partial charge in [0.2, 0.25) is 6.29 Å². The van der Waals surface area contributed by atoms with E-state index in [2.05, 4.69) is 0 Å². The average Bonchev–Trinajstić information content (AvgIpc) is 2.26. The molecule has 0 aromatic rings. The lowest BCUT2D eigenvalue weighted by atomic mass is 9.78. The molecule has 0 aromatic carbocycles. The van der Waals surface area contributed by atoms with E-state index in [1.165, 1.54) is 0 Å². The van der Waals surface area contributed by atoms with Crippen LogP contribution in [0.3, 0.4) is 0 Å². The van der Waals surface area contributed by atoms with Crippen molar-refractivity contribution in [2.24, 2.45) is 17.3 Å². The molecule has 0 aromatic heterocycles. The minimum atomic E-state index is -1.29. The van der Waals surface area contributed by atoms with Gasteiger partial charge in [-0.3, -0.25) is 4.79 Å². The van der Waals surface area contributed by atoms with Crippen molar-refractivity contribution < 1.29 is 19.7 Å². The van der Waals surface area contributed by atoms with E-state index in [1.807, 2.05) is 13.8 Å². The first-order valence-corrected chi connectivity index (χ1v) is 6.21. The van der Waals surface area contributed by atoms with E-state index in [0.717, 1.165) is 6.42 Å². The van der Waals surface area contributed by atoms with Crippen LogP contribution in [0.4, 0.5) is 0 Å². The van der Waals surface area contributed by atoms with Gasteiger partial charge in [-0.25, -0.2) is 0 Å². The van der Waals surface area contributed by atoms with E-state index in [0.29, 0.717) is 0 Å². The molecule has 0 fully saturated rings. The molecule has 0 spiro atoms. The summed E-state index contributed by atoms with van der Waals surface area (Å²) >= 11 is 0. The average molecular weight is 246 g/mol. The van der Waals surface area contributed by atoms with Gasteiger partial charge in [-0.1, -0.05) is 48.0 Å². The van der Waals surface area contributed by atoms with Crippen LogP contribution in [0.5, 0.6) is 0 Å². The molecular formula is C13H26O4. The summed E-state index contributed by atoms with van der Waals surface area (Å²) in [6.07, 6.45) is -1.21. The van der Waals surface area contributed by atoms with Gasteiger partial charge < -0.3 is 14.9 Å². The van der Waals surface area contributed by atoms with E-state index in [1.54, 1.807) is 27.7 Å². The molecule has 102 valence electrons. The molecule has 4 nitrogen and oxygen atoms in total. The maximum atomic E-state index is 11.4. The lowest BCUT2D eigenvalue weighted by Crippen LogP contribution is -2.46. The van der Waals surface area contributed by atoms with Gasteiger partial charge in [0.1, 0.15) is 0 Å². The second-order valence-electron chi connectivity index (χ2n) is 5.60. The molecule has 0 aliphatic carbocycles. The van der Waals surface area contributed by atoms with Crippen molar-refractivity contribution in [2.75, 3.05) is 0 Å². The number of hydrogen-bond acceptors (Lipinski definition) is 4. The Bertz CT molecular complexity index is 248. The van der Waals surface area contributed by atoms with Gasteiger partial charge in [0.05, 0.1) is 17.4 Å². The SMILES string of the molecule is CCC(C)C(O)C(C)(C)C(O)OC(=O)C(C)C. The maximum absolute atomic E-state index is 11.4. The molecule has 0 bridgehead atoms. The van der Waals surface area contributed by atoms with Crippen LogP contribution in [0.2, 0.25) is 0 Å². The zero-order valence-electron chi connectivity index (χ0n) is 11.7. The third-order valence-corrected chi connectivity index (χ3v) is 3.28. The lowest BCUT2D eigenvalue weighted by molar-refractivity contribution is -0.210. The normalized spacial score (nSPS) is 17.7. The van der Waals surface area contributed by atoms with E-state index in [9.17, 15) is 15.0 Å². The Hall–Kier alpha value is -0.610. The number of carbonyl (C=O) groups excluding carboxylic acids is 1. The quantitative estimate of drug-likeness (QED) is 0.555. The van der Waals surface area contributed by atoms with Crippen LogP contribution in [0.1, 0.15) is 48.0 Å². The van der Waals surface area contributed by atoms with Crippen LogP contribution in [-0.2, 0) is 9.53 Å². The van der Waals surface area contributed by atoms with Gasteiger partial charge in [-0.05, 0) is 5.92 Å². The van der Waals surface area contributed by atoms with Crippen LogP contribution in [0.15, 0.2) is 0 Å². The Kier molecular flexibility index (Phi) is 6.13. The third kappa shape index (κ3) is 4.28. The number of ether oxygens (including phenoxy) is 1. The molecule has 0 amide bonds. The van der Waals surface area contributed by atoms with Gasteiger partial charge in [0.25, 0.3) is 0 Å². The Morgan fingerprint density at radius 1 is 1.24 bits per heavy atom. The molecule has 0 aliphatic rings. The van der Waals surface area contributed by atoms with Gasteiger partial charge in [0, 0.05) is 0 Å². The molecule has 0 heterocycles. The van der Waals surface area contributed by atoms with Crippen LogP contribution in [-0.4, -0.2) is 28.6 Å². The second kappa shape index (κ2) is 6.36. The standard InChI is InChI=1S/C13H26O4/c1-7-9(4)10(14)13(5,6)12(16)17-11(15)8(2)3/h8-10,12,14,16H,7H2,1-6H3. The molecular weight excluding hydrogens is 220 g/mol. The lowest BCUT2D eigenvalue weighted by Gasteiger charge is -2.37. The second-order valence-corrected chi connectivity index (χ2v) is 5.60. The topological polar surface area (TPSA) is 66.8 Å². The fraction of sp³-hybridized carbons (Fsp3) is 0.923. The molecule has 0 saturated heterocycles. The monoisotopic (exact) mass is 246 g/mol. The summed E-state index contributed by atoms with van der Waals surface area (Å²) in [5.41, 5.74) is -0.875. The van der Waals surface area contributed by atoms with Crippen LogP contribution in [0, 0.1) is 17.3 Å². The molecule has 0 saturated carbocycles. The Labute approximate surface area is 104 Å². The molecule has 4 heteroatoms. The molecule has 3 unspecified atom stereocenters. The fourth-order valence-electron chi connectivity index (χ4n) is 1.50. The van der Waals surface area contributed by atoms with E-state index >= 15 is 0 Å². The van der Waals surface area contributed by atoms with Crippen molar-refractivity contribution in [3.63, 3.8) is 0 Å². The number of hydrogen-bond donors (Lipinski definition) is 2. The van der Waals surface area contributed by atoms with Crippen molar-refractivity contribution in [1.82, 2.24) is 0 Å². The summed E-state index contributed by atoms with van der Waals surface area (Å²) in [6, 6.07) is 0. The Morgan fingerprint density at radius 3 is 2.06 bits per heavy atom. The van der Waals surface area contributed by atoms with Crippen LogP contribution in [0.25, 0.3) is 0 Å². The molecule has 0 rings (SSSR count). The summed E-state index contributed by atoms with van der Waals surface area (Å²) < 4.78 is 4.95. The van der Waals surface area contributed by atoms with E-state index in [4.69, 9.17) is 4.74 Å². The number of carbonyl (C=O) groups is 1. The molecule has 3 atom stereocenters. The molecule has 17 heavy (non-hydrogen) atoms. The third-order valence-electron chi connectivity index (χ3n) is 3.28. The van der Waals surface area contributed by atoms with Crippen molar-refractivity contribution in [3.8, 4) is 0 Å². The minimum absolute atomic E-state index is 0.0393. The van der Waals surface area contributed by atoms with Crippen molar-refractivity contribution >= 4 is 5.97 Å². The first-order chi connectivity index (χ1) is 7.64. The van der Waals surface area contributed by atoms with Crippen molar-refractivity contribution in [2.45, 2.75) is 60.4 Å². The Morgan fingerprint density at radius 2 is 1.71 bits per heavy atom. The van der Waals surface area contributed by atoms with E-state index in [-0.39, 0.29) is 11.8 Å². The predicted octanol–water partition coefficient (Wildman–Crippen LogP) is 1.94. The highest BCUT2D eigenvalue weighted by Crippen LogP contribution is 2.32. The van der Waals surface area contributed by atoms with Crippen molar-refractivity contribution in [3.05, 3.63) is 0 Å². The molecule has 2 N–H and O–H groups in total. The van der Waals surface area contributed by atoms with E-state index < -0.39 is 23.8 Å². The first-order valence-electron chi connectivity index (χ1n) is 6.21. The van der Waals surface area contributed by atoms with Gasteiger partial charge in [-0.2, -0.15) is 0 Å². The fourth-order valence-corrected chi connectivity index (χ4v) is 1.50. The zero-order chi connectivity index (χ0) is 13.8. The smallest absolute Gasteiger partial charge is 0.310 e. The van der Waals surface area contributed by atoms with Gasteiger partial charge in [-0.15, -0.1) is 0 Å². The maximum Gasteiger partial charge on any atom is 0.310 e. The summed E-state index contributed by atoms with van der Waals surface area (Å²) in [6.45, 7) is 10.7. The minimum Gasteiger partial charge on any atom is -0.435 e. The summed E-state index contributed by atoms with van der Waals surface area (Å²) in [4.78, 5) is 11.4. The van der Waals surface area contributed by atoms with Gasteiger partial charge in [0.15, 0.2) is 0 Å². The number of esters is 1. The highest BCUT2D eigenvalue weighted by atomic mass is 16.6. The molecule has 0 aliphatic heterocycles. The largest absolute Gasteiger partial charge is 0.435 e. The predicted molar refractivity (Wildman–Crippen MR) is 66.2 cm³/mol. The highest BCUT2D eigenvalue weighted by molar-refractivity contribution is 5.71. The highest BCUT2D eigenvalue weighted by Gasteiger charge is 2.40.